The number of halogens is 2. The van der Waals surface area contributed by atoms with Crippen molar-refractivity contribution in [3.63, 3.8) is 0 Å². The van der Waals surface area contributed by atoms with Crippen molar-refractivity contribution in [2.45, 2.75) is 12.8 Å². The van der Waals surface area contributed by atoms with E-state index in [0.29, 0.717) is 27.7 Å². The van der Waals surface area contributed by atoms with Crippen molar-refractivity contribution in [3.05, 3.63) is 70.0 Å². The van der Waals surface area contributed by atoms with E-state index in [2.05, 4.69) is 26.4 Å². The lowest BCUT2D eigenvalue weighted by Crippen LogP contribution is -2.41. The highest BCUT2D eigenvalue weighted by Crippen LogP contribution is 2.26. The summed E-state index contributed by atoms with van der Waals surface area (Å²) in [7, 11) is 0. The summed E-state index contributed by atoms with van der Waals surface area (Å²) < 4.78 is 1.46. The molecular formula is C17H14Cl2N6O2. The zero-order valence-electron chi connectivity index (χ0n) is 13.9. The Morgan fingerprint density at radius 2 is 1.81 bits per heavy atom. The zero-order valence-corrected chi connectivity index (χ0v) is 15.4. The van der Waals surface area contributed by atoms with Crippen LogP contribution in [0.15, 0.2) is 48.8 Å². The molecule has 0 saturated carbocycles. The van der Waals surface area contributed by atoms with Crippen LogP contribution in [0.5, 0.6) is 0 Å². The smallest absolute Gasteiger partial charge is 0.269 e. The maximum atomic E-state index is 12.1. The number of carbonyl (C=O) groups excluding carboxylic acids is 2. The van der Waals surface area contributed by atoms with E-state index < -0.39 is 5.91 Å². The molecule has 0 aliphatic rings. The highest BCUT2D eigenvalue weighted by Gasteiger charge is 2.10. The molecule has 138 valence electrons. The molecule has 27 heavy (non-hydrogen) atoms. The average molecular weight is 405 g/mol. The topological polar surface area (TPSA) is 102 Å². The molecule has 2 N–H and O–H groups in total. The van der Waals surface area contributed by atoms with E-state index >= 15 is 0 Å². The lowest BCUT2D eigenvalue weighted by atomic mass is 10.1. The maximum absolute atomic E-state index is 12.1. The van der Waals surface area contributed by atoms with Crippen LogP contribution in [-0.2, 0) is 11.2 Å². The van der Waals surface area contributed by atoms with Crippen LogP contribution < -0.4 is 10.9 Å². The first kappa shape index (κ1) is 18.8. The van der Waals surface area contributed by atoms with E-state index in [1.54, 1.807) is 42.5 Å². The number of hydrogen-bond acceptors (Lipinski definition) is 5. The maximum Gasteiger partial charge on any atom is 0.269 e. The number of rotatable bonds is 5. The molecule has 0 aliphatic heterocycles. The number of nitrogens with one attached hydrogen (secondary N) is 2. The fourth-order valence-electron chi connectivity index (χ4n) is 2.30. The van der Waals surface area contributed by atoms with Crippen LogP contribution in [0.3, 0.4) is 0 Å². The normalized spacial score (nSPS) is 10.4. The molecule has 3 aromatic rings. The lowest BCUT2D eigenvalue weighted by molar-refractivity contribution is -0.121. The van der Waals surface area contributed by atoms with Gasteiger partial charge in [0.25, 0.3) is 5.91 Å². The second-order valence-corrected chi connectivity index (χ2v) is 6.30. The van der Waals surface area contributed by atoms with Crippen molar-refractivity contribution in [2.75, 3.05) is 0 Å². The van der Waals surface area contributed by atoms with Crippen LogP contribution in [0.25, 0.3) is 5.69 Å². The quantitative estimate of drug-likeness (QED) is 0.635. The molecule has 8 nitrogen and oxygen atoms in total. The number of benzene rings is 2. The number of nitrogens with zero attached hydrogens (tertiary/aromatic N) is 4. The van der Waals surface area contributed by atoms with E-state index in [0.717, 1.165) is 5.56 Å². The molecule has 10 heteroatoms. The predicted octanol–water partition coefficient (Wildman–Crippen LogP) is 2.36. The molecular weight excluding hydrogens is 391 g/mol. The van der Waals surface area contributed by atoms with Crippen LogP contribution in [0.4, 0.5) is 0 Å². The fraction of sp³-hybridized carbons (Fsp3) is 0.118. The molecule has 0 radical (unpaired) electrons. The Balaban J connectivity index is 1.49. The van der Waals surface area contributed by atoms with Gasteiger partial charge in [0.1, 0.15) is 6.33 Å². The highest BCUT2D eigenvalue weighted by molar-refractivity contribution is 6.42. The Kier molecular flexibility index (Phi) is 6.00. The summed E-state index contributed by atoms with van der Waals surface area (Å²) in [5, 5.41) is 11.7. The van der Waals surface area contributed by atoms with Crippen LogP contribution in [0.1, 0.15) is 22.3 Å². The lowest BCUT2D eigenvalue weighted by Gasteiger charge is -2.09. The van der Waals surface area contributed by atoms with Crippen molar-refractivity contribution in [3.8, 4) is 5.69 Å². The molecule has 2 amide bonds. The van der Waals surface area contributed by atoms with Gasteiger partial charge in [0, 0.05) is 12.0 Å². The van der Waals surface area contributed by atoms with Crippen molar-refractivity contribution in [1.29, 1.82) is 0 Å². The Hall–Kier alpha value is -2.97. The average Bonchev–Trinajstić information content (AvgIpc) is 3.22. The number of hydrazine groups is 1. The minimum atomic E-state index is -0.438. The van der Waals surface area contributed by atoms with Crippen LogP contribution in [0.2, 0.25) is 10.0 Å². The Morgan fingerprint density at radius 3 is 2.52 bits per heavy atom. The van der Waals surface area contributed by atoms with Crippen LogP contribution in [-0.4, -0.2) is 32.0 Å². The summed E-state index contributed by atoms with van der Waals surface area (Å²) in [6, 6.07) is 11.8. The molecule has 0 atom stereocenters. The second kappa shape index (κ2) is 8.61. The number of aryl methyl sites for hydroxylation is 1. The molecule has 3 rings (SSSR count). The molecule has 1 heterocycles. The Labute approximate surface area is 164 Å². The third kappa shape index (κ3) is 4.81. The Morgan fingerprint density at radius 1 is 1.04 bits per heavy atom. The molecule has 0 saturated heterocycles. The summed E-state index contributed by atoms with van der Waals surface area (Å²) in [5.41, 5.74) is 6.60. The Bertz CT molecular complexity index is 945. The third-order valence-electron chi connectivity index (χ3n) is 3.71. The highest BCUT2D eigenvalue weighted by atomic mass is 35.5. The van der Waals surface area contributed by atoms with Gasteiger partial charge in [0.05, 0.1) is 15.7 Å². The van der Waals surface area contributed by atoms with E-state index in [-0.39, 0.29) is 12.3 Å². The van der Waals surface area contributed by atoms with E-state index in [4.69, 9.17) is 23.2 Å². The van der Waals surface area contributed by atoms with Gasteiger partial charge in [0.15, 0.2) is 0 Å². The van der Waals surface area contributed by atoms with Gasteiger partial charge in [-0.05, 0) is 52.7 Å². The van der Waals surface area contributed by atoms with Crippen molar-refractivity contribution >= 4 is 35.0 Å². The van der Waals surface area contributed by atoms with Gasteiger partial charge in [-0.15, -0.1) is 5.10 Å². The monoisotopic (exact) mass is 404 g/mol. The summed E-state index contributed by atoms with van der Waals surface area (Å²) in [6.45, 7) is 0. The van der Waals surface area contributed by atoms with E-state index in [9.17, 15) is 9.59 Å². The van der Waals surface area contributed by atoms with Crippen molar-refractivity contribution < 1.29 is 9.59 Å². The molecule has 0 spiro atoms. The first-order valence-electron chi connectivity index (χ1n) is 7.90. The molecule has 0 bridgehead atoms. The number of amides is 2. The number of hydrogen-bond donors (Lipinski definition) is 2. The van der Waals surface area contributed by atoms with Gasteiger partial charge in [-0.2, -0.15) is 0 Å². The second-order valence-electron chi connectivity index (χ2n) is 5.52. The van der Waals surface area contributed by atoms with Crippen molar-refractivity contribution in [2.24, 2.45) is 0 Å². The van der Waals surface area contributed by atoms with E-state index in [1.165, 1.54) is 11.0 Å². The summed E-state index contributed by atoms with van der Waals surface area (Å²) in [4.78, 5) is 24.0. The standard InChI is InChI=1S/C17H14Cl2N6O2/c18-14-3-1-2-11(16(14)19)6-9-15(26)21-22-17(27)12-4-7-13(8-5-12)25-10-20-23-24-25/h1-5,7-8,10H,6,9H2,(H,21,26)(H,22,27). The van der Waals surface area contributed by atoms with Gasteiger partial charge < -0.3 is 0 Å². The molecule has 1 aromatic heterocycles. The first-order chi connectivity index (χ1) is 13.0. The molecule has 0 aliphatic carbocycles. The summed E-state index contributed by atoms with van der Waals surface area (Å²) >= 11 is 12.0. The molecule has 0 fully saturated rings. The largest absolute Gasteiger partial charge is 0.273 e. The van der Waals surface area contributed by atoms with Crippen molar-refractivity contribution in [1.82, 2.24) is 31.1 Å². The first-order valence-corrected chi connectivity index (χ1v) is 8.65. The zero-order chi connectivity index (χ0) is 19.2. The minimum absolute atomic E-state index is 0.151. The number of tetrazole rings is 1. The molecule has 2 aromatic carbocycles. The minimum Gasteiger partial charge on any atom is -0.273 e. The number of carbonyl (C=O) groups is 2. The van der Waals surface area contributed by atoms with Crippen LogP contribution in [0, 0.1) is 0 Å². The van der Waals surface area contributed by atoms with Gasteiger partial charge in [-0.3, -0.25) is 20.4 Å². The van der Waals surface area contributed by atoms with Gasteiger partial charge in [-0.25, -0.2) is 4.68 Å². The molecule has 0 unspecified atom stereocenters. The van der Waals surface area contributed by atoms with Gasteiger partial charge in [-0.1, -0.05) is 35.3 Å². The van der Waals surface area contributed by atoms with E-state index in [1.807, 2.05) is 0 Å². The summed E-state index contributed by atoms with van der Waals surface area (Å²) in [5.74, 6) is -0.780. The number of aromatic nitrogens is 4. The van der Waals surface area contributed by atoms with Gasteiger partial charge in [0.2, 0.25) is 5.91 Å². The van der Waals surface area contributed by atoms with Crippen LogP contribution >= 0.6 is 23.2 Å². The summed E-state index contributed by atoms with van der Waals surface area (Å²) in [6.07, 6.45) is 2.00. The SMILES string of the molecule is O=C(CCc1cccc(Cl)c1Cl)NNC(=O)c1ccc(-n2cnnn2)cc1. The predicted molar refractivity (Wildman–Crippen MR) is 99.5 cm³/mol. The fourth-order valence-corrected chi connectivity index (χ4v) is 2.71. The van der Waals surface area contributed by atoms with Gasteiger partial charge >= 0.3 is 0 Å². The third-order valence-corrected chi connectivity index (χ3v) is 4.57.